The lowest BCUT2D eigenvalue weighted by molar-refractivity contribution is -0.200. The molecule has 0 saturated heterocycles. The van der Waals surface area contributed by atoms with Gasteiger partial charge in [0.25, 0.3) is 0 Å². The molecule has 0 spiro atoms. The molecule has 0 aromatic heterocycles. The molecule has 4 heteroatoms. The van der Waals surface area contributed by atoms with Crippen molar-refractivity contribution in [3.63, 3.8) is 0 Å². The zero-order valence-corrected chi connectivity index (χ0v) is 16.5. The molecule has 0 bridgehead atoms. The van der Waals surface area contributed by atoms with Gasteiger partial charge in [-0.25, -0.2) is 0 Å². The van der Waals surface area contributed by atoms with Crippen LogP contribution in [-0.4, -0.2) is 45.8 Å². The van der Waals surface area contributed by atoms with E-state index in [0.717, 1.165) is 38.5 Å². The second-order valence-corrected chi connectivity index (χ2v) is 9.30. The summed E-state index contributed by atoms with van der Waals surface area (Å²) >= 11 is 0. The molecule has 2 saturated carbocycles. The zero-order chi connectivity index (χ0) is 18.7. The first kappa shape index (κ1) is 21.1. The first-order valence-corrected chi connectivity index (χ1v) is 10.4. The number of hydrogen-bond acceptors (Lipinski definition) is 4. The van der Waals surface area contributed by atoms with Gasteiger partial charge >= 0.3 is 0 Å². The average Bonchev–Trinajstić information content (AvgIpc) is 2.61. The molecule has 2 rings (SSSR count). The van der Waals surface area contributed by atoms with Crippen LogP contribution >= 0.6 is 0 Å². The van der Waals surface area contributed by atoms with E-state index >= 15 is 0 Å². The van der Waals surface area contributed by atoms with Crippen molar-refractivity contribution >= 4 is 0 Å². The van der Waals surface area contributed by atoms with Gasteiger partial charge in [0, 0.05) is 25.0 Å². The van der Waals surface area contributed by atoms with Crippen molar-refractivity contribution in [1.29, 1.82) is 0 Å². The van der Waals surface area contributed by atoms with Crippen LogP contribution in [0.4, 0.5) is 0 Å². The molecule has 4 nitrogen and oxygen atoms in total. The average molecular weight is 357 g/mol. The lowest BCUT2D eigenvalue weighted by Gasteiger charge is -2.57. The van der Waals surface area contributed by atoms with Crippen LogP contribution in [0.15, 0.2) is 0 Å². The van der Waals surface area contributed by atoms with Crippen molar-refractivity contribution in [1.82, 2.24) is 0 Å². The van der Waals surface area contributed by atoms with Gasteiger partial charge in [0.05, 0.1) is 12.2 Å². The SMILES string of the molecule is CC(C)C1C(C)CCCC1C(O)(CCO)C1(CO)CCC(CO)CC1. The quantitative estimate of drug-likeness (QED) is 0.565. The molecule has 2 fully saturated rings. The Morgan fingerprint density at radius 2 is 1.68 bits per heavy atom. The predicted octanol–water partition coefficient (Wildman–Crippen LogP) is 2.97. The molecule has 0 aliphatic heterocycles. The molecule has 2 aliphatic rings. The maximum atomic E-state index is 12.0. The van der Waals surface area contributed by atoms with E-state index in [1.807, 2.05) is 0 Å². The highest BCUT2D eigenvalue weighted by Gasteiger charge is 2.57. The Balaban J connectivity index is 2.37. The van der Waals surface area contributed by atoms with Crippen LogP contribution in [0.5, 0.6) is 0 Å². The summed E-state index contributed by atoms with van der Waals surface area (Å²) in [6.45, 7) is 6.90. The molecule has 0 aromatic rings. The van der Waals surface area contributed by atoms with Crippen molar-refractivity contribution < 1.29 is 20.4 Å². The Labute approximate surface area is 153 Å². The minimum atomic E-state index is -1.03. The molecule has 2 aliphatic carbocycles. The second kappa shape index (κ2) is 8.69. The second-order valence-electron chi connectivity index (χ2n) is 9.30. The van der Waals surface area contributed by atoms with E-state index in [9.17, 15) is 20.4 Å². The molecule has 4 unspecified atom stereocenters. The molecular weight excluding hydrogens is 316 g/mol. The molecule has 0 heterocycles. The van der Waals surface area contributed by atoms with Crippen molar-refractivity contribution in [2.75, 3.05) is 19.8 Å². The van der Waals surface area contributed by atoms with E-state index in [4.69, 9.17) is 0 Å². The smallest absolute Gasteiger partial charge is 0.0778 e. The molecular formula is C21H40O4. The molecule has 0 amide bonds. The highest BCUT2D eigenvalue weighted by Crippen LogP contribution is 2.56. The fourth-order valence-corrected chi connectivity index (χ4v) is 6.28. The van der Waals surface area contributed by atoms with Gasteiger partial charge in [-0.1, -0.05) is 33.6 Å². The number of hydrogen-bond donors (Lipinski definition) is 4. The van der Waals surface area contributed by atoms with E-state index < -0.39 is 11.0 Å². The summed E-state index contributed by atoms with van der Waals surface area (Å²) < 4.78 is 0. The summed E-state index contributed by atoms with van der Waals surface area (Å²) in [6, 6.07) is 0. The van der Waals surface area contributed by atoms with Gasteiger partial charge in [-0.05, 0) is 61.7 Å². The monoisotopic (exact) mass is 356 g/mol. The molecule has 148 valence electrons. The van der Waals surface area contributed by atoms with Crippen LogP contribution in [0.2, 0.25) is 0 Å². The van der Waals surface area contributed by atoms with E-state index in [0.29, 0.717) is 24.2 Å². The third-order valence-corrected chi connectivity index (χ3v) is 7.71. The summed E-state index contributed by atoms with van der Waals surface area (Å²) in [5.74, 6) is 1.87. The topological polar surface area (TPSA) is 80.9 Å². The lowest BCUT2D eigenvalue weighted by atomic mass is 9.51. The van der Waals surface area contributed by atoms with Crippen LogP contribution in [0, 0.1) is 35.0 Å². The molecule has 0 radical (unpaired) electrons. The number of aliphatic hydroxyl groups excluding tert-OH is 3. The molecule has 0 aromatic carbocycles. The highest BCUT2D eigenvalue weighted by atomic mass is 16.3. The largest absolute Gasteiger partial charge is 0.396 e. The van der Waals surface area contributed by atoms with Crippen LogP contribution in [0.3, 0.4) is 0 Å². The van der Waals surface area contributed by atoms with E-state index in [2.05, 4.69) is 20.8 Å². The third kappa shape index (κ3) is 3.92. The van der Waals surface area contributed by atoms with Gasteiger partial charge in [0.15, 0.2) is 0 Å². The third-order valence-electron chi connectivity index (χ3n) is 7.71. The van der Waals surface area contributed by atoms with Gasteiger partial charge in [0.2, 0.25) is 0 Å². The summed E-state index contributed by atoms with van der Waals surface area (Å²) in [5, 5.41) is 41.7. The Morgan fingerprint density at radius 1 is 1.04 bits per heavy atom. The maximum Gasteiger partial charge on any atom is 0.0778 e. The Hall–Kier alpha value is -0.160. The van der Waals surface area contributed by atoms with Gasteiger partial charge in [-0.15, -0.1) is 0 Å². The summed E-state index contributed by atoms with van der Waals surface area (Å²) in [4.78, 5) is 0. The minimum Gasteiger partial charge on any atom is -0.396 e. The van der Waals surface area contributed by atoms with E-state index in [-0.39, 0.29) is 31.7 Å². The van der Waals surface area contributed by atoms with Gasteiger partial charge in [-0.3, -0.25) is 0 Å². The Morgan fingerprint density at radius 3 is 2.16 bits per heavy atom. The van der Waals surface area contributed by atoms with Crippen LogP contribution < -0.4 is 0 Å². The van der Waals surface area contributed by atoms with Crippen LogP contribution in [-0.2, 0) is 0 Å². The molecule has 25 heavy (non-hydrogen) atoms. The summed E-state index contributed by atoms with van der Waals surface area (Å²) in [5.41, 5.74) is -1.57. The van der Waals surface area contributed by atoms with Crippen molar-refractivity contribution in [2.24, 2.45) is 35.0 Å². The fraction of sp³-hybridized carbons (Fsp3) is 1.00. The summed E-state index contributed by atoms with van der Waals surface area (Å²) in [7, 11) is 0. The molecule has 4 atom stereocenters. The van der Waals surface area contributed by atoms with Gasteiger partial charge < -0.3 is 20.4 Å². The number of aliphatic hydroxyl groups is 4. The lowest BCUT2D eigenvalue weighted by Crippen LogP contribution is -2.60. The molecule has 4 N–H and O–H groups in total. The zero-order valence-electron chi connectivity index (χ0n) is 16.5. The Bertz CT molecular complexity index is 403. The first-order valence-electron chi connectivity index (χ1n) is 10.4. The van der Waals surface area contributed by atoms with Crippen molar-refractivity contribution in [3.05, 3.63) is 0 Å². The number of rotatable bonds is 7. The highest BCUT2D eigenvalue weighted by molar-refractivity contribution is 5.07. The Kier molecular flexibility index (Phi) is 7.35. The minimum absolute atomic E-state index is 0.0304. The fourth-order valence-electron chi connectivity index (χ4n) is 6.28. The normalized spacial score (nSPS) is 39.4. The van der Waals surface area contributed by atoms with E-state index in [1.54, 1.807) is 0 Å². The van der Waals surface area contributed by atoms with E-state index in [1.165, 1.54) is 6.42 Å². The van der Waals surface area contributed by atoms with Crippen LogP contribution in [0.1, 0.15) is 72.1 Å². The standard InChI is InChI=1S/C21H40O4/c1-15(2)19-16(3)5-4-6-18(19)21(25,11-12-22)20(14-24)9-7-17(13-23)8-10-20/h15-19,22-25H,4-14H2,1-3H3. The van der Waals surface area contributed by atoms with Gasteiger partial charge in [-0.2, -0.15) is 0 Å². The summed E-state index contributed by atoms with van der Waals surface area (Å²) in [6.07, 6.45) is 6.81. The van der Waals surface area contributed by atoms with Crippen LogP contribution in [0.25, 0.3) is 0 Å². The van der Waals surface area contributed by atoms with Crippen molar-refractivity contribution in [2.45, 2.75) is 77.7 Å². The van der Waals surface area contributed by atoms with Gasteiger partial charge in [0.1, 0.15) is 0 Å². The van der Waals surface area contributed by atoms with Crippen molar-refractivity contribution in [3.8, 4) is 0 Å². The predicted molar refractivity (Wildman–Crippen MR) is 100 cm³/mol. The maximum absolute atomic E-state index is 12.0. The first-order chi connectivity index (χ1) is 11.8.